The van der Waals surface area contributed by atoms with Crippen molar-refractivity contribution in [2.75, 3.05) is 0 Å². The molecule has 0 amide bonds. The summed E-state index contributed by atoms with van der Waals surface area (Å²) in [5, 5.41) is 37.1. The van der Waals surface area contributed by atoms with Crippen LogP contribution in [-0.4, -0.2) is 42.1 Å². The Kier molecular flexibility index (Phi) is 5.07. The first-order chi connectivity index (χ1) is 13.4. The summed E-state index contributed by atoms with van der Waals surface area (Å²) < 4.78 is 1.81. The molecule has 10 heteroatoms. The van der Waals surface area contributed by atoms with Gasteiger partial charge in [-0.3, -0.25) is 0 Å². The fraction of sp³-hybridized carbons (Fsp3) is 0.333. The van der Waals surface area contributed by atoms with Gasteiger partial charge in [0.15, 0.2) is 5.49 Å². The van der Waals surface area contributed by atoms with Gasteiger partial charge in [0.1, 0.15) is 11.8 Å². The normalized spacial score (nSPS) is 26.8. The highest BCUT2D eigenvalue weighted by molar-refractivity contribution is 6.42. The van der Waals surface area contributed by atoms with Crippen LogP contribution in [0.5, 0.6) is 0 Å². The number of H-pyrrole nitrogens is 1. The van der Waals surface area contributed by atoms with Crippen molar-refractivity contribution >= 4 is 34.2 Å². The maximum atomic E-state index is 10.8. The Labute approximate surface area is 169 Å². The van der Waals surface area contributed by atoms with Gasteiger partial charge >= 0.3 is 0 Å². The predicted octanol–water partition coefficient (Wildman–Crippen LogP) is 1.46. The molecular weight excluding hydrogens is 405 g/mol. The largest absolute Gasteiger partial charge is 0.390 e. The molecule has 4 rings (SSSR count). The third-order valence-corrected chi connectivity index (χ3v) is 6.15. The van der Waals surface area contributed by atoms with E-state index < -0.39 is 30.3 Å². The number of aliphatic hydroxyl groups excluding tert-OH is 3. The Morgan fingerprint density at radius 1 is 1.21 bits per heavy atom. The first-order valence-electron chi connectivity index (χ1n) is 8.69. The van der Waals surface area contributed by atoms with Crippen molar-refractivity contribution in [2.45, 2.75) is 30.8 Å². The van der Waals surface area contributed by atoms with E-state index in [2.05, 4.69) is 15.1 Å². The average molecular weight is 424 g/mol. The summed E-state index contributed by atoms with van der Waals surface area (Å²) in [5.41, 5.74) is 1.57. The van der Waals surface area contributed by atoms with Crippen LogP contribution in [0.4, 0.5) is 0 Å². The summed E-state index contributed by atoms with van der Waals surface area (Å²) in [6.45, 7) is 0. The highest BCUT2D eigenvalue weighted by Gasteiger charge is 2.46. The molecule has 2 aromatic heterocycles. The molecule has 1 aromatic carbocycles. The summed E-state index contributed by atoms with van der Waals surface area (Å²) in [7, 11) is 0. The van der Waals surface area contributed by atoms with E-state index in [0.29, 0.717) is 38.6 Å². The maximum Gasteiger partial charge on any atom is 0.183 e. The summed E-state index contributed by atoms with van der Waals surface area (Å²) >= 11 is 12.0. The van der Waals surface area contributed by atoms with Crippen LogP contribution in [0.1, 0.15) is 24.1 Å². The second-order valence-electron chi connectivity index (χ2n) is 6.91. The van der Waals surface area contributed by atoms with Gasteiger partial charge in [-0.05, 0) is 30.2 Å². The molecule has 148 valence electrons. The van der Waals surface area contributed by atoms with Crippen LogP contribution in [0.3, 0.4) is 0 Å². The summed E-state index contributed by atoms with van der Waals surface area (Å²) in [6, 6.07) is 6.15. The van der Waals surface area contributed by atoms with Crippen LogP contribution in [0.15, 0.2) is 41.9 Å². The number of halogens is 2. The van der Waals surface area contributed by atoms with E-state index >= 15 is 0 Å². The molecule has 0 radical (unpaired) electrons. The van der Waals surface area contributed by atoms with Crippen LogP contribution >= 0.6 is 23.2 Å². The van der Waals surface area contributed by atoms with Gasteiger partial charge in [-0.1, -0.05) is 29.3 Å². The van der Waals surface area contributed by atoms with Gasteiger partial charge in [-0.2, -0.15) is 5.10 Å². The minimum atomic E-state index is -1.12. The van der Waals surface area contributed by atoms with Crippen molar-refractivity contribution in [3.8, 4) is 0 Å². The number of nitrogens with one attached hydrogen (secondary N) is 1. The lowest BCUT2D eigenvalue weighted by atomic mass is 9.92. The van der Waals surface area contributed by atoms with Gasteiger partial charge < -0.3 is 30.7 Å². The molecule has 0 spiro atoms. The quantitative estimate of drug-likeness (QED) is 0.321. The minimum absolute atomic E-state index is 0.319. The van der Waals surface area contributed by atoms with Gasteiger partial charge in [-0.15, -0.1) is 0 Å². The summed E-state index contributed by atoms with van der Waals surface area (Å²) in [4.78, 5) is 7.09. The fourth-order valence-electron chi connectivity index (χ4n) is 3.96. The second-order valence-corrected chi connectivity index (χ2v) is 7.72. The van der Waals surface area contributed by atoms with Crippen molar-refractivity contribution in [1.29, 1.82) is 0 Å². The first kappa shape index (κ1) is 19.2. The number of hydrogen-bond donors (Lipinski definition) is 5. The number of nitrogens with two attached hydrogens (primary N) is 1. The zero-order valence-electron chi connectivity index (χ0n) is 14.6. The monoisotopic (exact) mass is 423 g/mol. The lowest BCUT2D eigenvalue weighted by Gasteiger charge is -2.22. The lowest BCUT2D eigenvalue weighted by molar-refractivity contribution is -0.0264. The molecule has 1 fully saturated rings. The Bertz CT molecular complexity index is 1080. The van der Waals surface area contributed by atoms with Crippen molar-refractivity contribution in [2.24, 2.45) is 16.9 Å². The molecule has 8 nitrogen and oxygen atoms in total. The Morgan fingerprint density at radius 2 is 2.00 bits per heavy atom. The lowest BCUT2D eigenvalue weighted by Crippen LogP contribution is -2.31. The third-order valence-electron chi connectivity index (χ3n) is 5.41. The van der Waals surface area contributed by atoms with E-state index in [1.165, 1.54) is 6.33 Å². The van der Waals surface area contributed by atoms with Crippen LogP contribution < -0.4 is 11.3 Å². The second kappa shape index (κ2) is 7.38. The molecule has 0 aliphatic heterocycles. The third kappa shape index (κ3) is 3.07. The van der Waals surface area contributed by atoms with E-state index in [9.17, 15) is 15.3 Å². The number of aromatic amines is 1. The van der Waals surface area contributed by atoms with Crippen LogP contribution in [0.25, 0.3) is 11.0 Å². The highest BCUT2D eigenvalue weighted by Crippen LogP contribution is 2.43. The molecule has 5 atom stereocenters. The molecule has 1 aliphatic carbocycles. The van der Waals surface area contributed by atoms with Crippen molar-refractivity contribution in [1.82, 2.24) is 14.5 Å². The van der Waals surface area contributed by atoms with Gasteiger partial charge in [0.2, 0.25) is 0 Å². The number of fused-ring (bicyclic) bond motifs is 1. The van der Waals surface area contributed by atoms with Gasteiger partial charge in [0.05, 0.1) is 40.0 Å². The highest BCUT2D eigenvalue weighted by atomic mass is 35.5. The first-order valence-corrected chi connectivity index (χ1v) is 9.45. The van der Waals surface area contributed by atoms with Crippen LogP contribution in [-0.2, 0) is 0 Å². The molecule has 28 heavy (non-hydrogen) atoms. The molecule has 6 N–H and O–H groups in total. The fourth-order valence-corrected chi connectivity index (χ4v) is 4.27. The maximum absolute atomic E-state index is 10.8. The number of benzene rings is 1. The molecule has 1 aliphatic rings. The van der Waals surface area contributed by atoms with Crippen LogP contribution in [0, 0.1) is 5.92 Å². The van der Waals surface area contributed by atoms with E-state index in [4.69, 9.17) is 29.0 Å². The molecule has 2 heterocycles. The predicted molar refractivity (Wildman–Crippen MR) is 104 cm³/mol. The van der Waals surface area contributed by atoms with Crippen LogP contribution in [0.2, 0.25) is 10.0 Å². The summed E-state index contributed by atoms with van der Waals surface area (Å²) in [5.74, 6) is 4.79. The average Bonchev–Trinajstić information content (AvgIpc) is 3.25. The molecule has 0 saturated heterocycles. The number of nitrogens with zero attached hydrogens (tertiary/aromatic N) is 3. The number of aliphatic hydroxyl groups is 3. The van der Waals surface area contributed by atoms with E-state index in [1.54, 1.807) is 35.0 Å². The molecule has 0 unspecified atom stereocenters. The number of hydrogen-bond acceptors (Lipinski definition) is 6. The molecule has 0 bridgehead atoms. The molecular formula is C18H19Cl2N5O3. The number of rotatable bonds is 3. The topological polar surface area (TPSA) is 133 Å². The van der Waals surface area contributed by atoms with E-state index in [0.717, 1.165) is 0 Å². The molecule has 1 saturated carbocycles. The Balaban J connectivity index is 1.67. The van der Waals surface area contributed by atoms with Crippen molar-refractivity contribution < 1.29 is 15.3 Å². The summed E-state index contributed by atoms with van der Waals surface area (Å²) in [6.07, 6.45) is 0.381. The number of aromatic nitrogens is 3. The SMILES string of the molecule is N/N=c1/nc[nH]c2c1ccn2[C@@H]1C[C@H]([C@H](O)c2ccc(Cl)c(Cl)c2)[C@@H](O)[C@H]1O. The van der Waals surface area contributed by atoms with Gasteiger partial charge in [0, 0.05) is 12.1 Å². The zero-order chi connectivity index (χ0) is 20.0. The standard InChI is InChI=1S/C18H19Cl2N5O3/c19-11-2-1-8(5-12(11)20)14(26)10-6-13(16(28)15(10)27)25-4-3-9-17(24-21)22-7-23-18(9)25/h1-5,7,10,13-16,26-28H,6,21H2,(H,22,23,24)/t10-,13-,14-,15-,16+/m1/s1. The Hall–Kier alpha value is -2.10. The van der Waals surface area contributed by atoms with E-state index in [1.807, 2.05) is 0 Å². The van der Waals surface area contributed by atoms with Crippen molar-refractivity contribution in [3.05, 3.63) is 57.9 Å². The van der Waals surface area contributed by atoms with Crippen molar-refractivity contribution in [3.63, 3.8) is 0 Å². The van der Waals surface area contributed by atoms with Gasteiger partial charge in [-0.25, -0.2) is 4.98 Å². The molecule has 3 aromatic rings. The zero-order valence-corrected chi connectivity index (χ0v) is 16.1. The minimum Gasteiger partial charge on any atom is -0.390 e. The smallest absolute Gasteiger partial charge is 0.183 e. The van der Waals surface area contributed by atoms with E-state index in [-0.39, 0.29) is 0 Å². The van der Waals surface area contributed by atoms with Gasteiger partial charge in [0.25, 0.3) is 0 Å². The Morgan fingerprint density at radius 3 is 2.71 bits per heavy atom.